The molecule has 34 heavy (non-hydrogen) atoms. The van der Waals surface area contributed by atoms with E-state index in [9.17, 15) is 18.0 Å². The van der Waals surface area contributed by atoms with E-state index in [0.29, 0.717) is 0 Å². The van der Waals surface area contributed by atoms with E-state index >= 15 is 0 Å². The molecule has 0 saturated heterocycles. The molecule has 1 unspecified atom stereocenters. The number of nitrogens with one attached hydrogen (secondary N) is 1. The van der Waals surface area contributed by atoms with Gasteiger partial charge in [0.05, 0.1) is 11.4 Å². The van der Waals surface area contributed by atoms with Gasteiger partial charge in [0, 0.05) is 24.1 Å². The van der Waals surface area contributed by atoms with Crippen LogP contribution in [0.3, 0.4) is 0 Å². The molecule has 0 spiro atoms. The van der Waals surface area contributed by atoms with Crippen molar-refractivity contribution in [1.82, 2.24) is 14.5 Å². The van der Waals surface area contributed by atoms with Crippen molar-refractivity contribution >= 4 is 37.8 Å². The molecule has 1 fully saturated rings. The van der Waals surface area contributed by atoms with Crippen molar-refractivity contribution < 1.29 is 18.0 Å². The van der Waals surface area contributed by atoms with Crippen LogP contribution in [0, 0.1) is 6.92 Å². The zero-order valence-corrected chi connectivity index (χ0v) is 22.2. The van der Waals surface area contributed by atoms with Crippen LogP contribution in [0.4, 0.5) is 0 Å². The lowest BCUT2D eigenvalue weighted by Gasteiger charge is -2.31. The highest BCUT2D eigenvalue weighted by Crippen LogP contribution is 2.20. The number of hydrogen-bond acceptors (Lipinski definition) is 4. The minimum atomic E-state index is -3.85. The Morgan fingerprint density at radius 1 is 1.12 bits per heavy atom. The normalized spacial score (nSPS) is 15.3. The van der Waals surface area contributed by atoms with Crippen LogP contribution in [-0.2, 0) is 26.2 Å². The molecule has 1 N–H and O–H groups in total. The largest absolute Gasteiger partial charge is 0.352 e. The van der Waals surface area contributed by atoms with Crippen molar-refractivity contribution in [3.05, 3.63) is 64.1 Å². The Labute approximate surface area is 210 Å². The molecular formula is C25H32BrN3O4S. The molecule has 0 radical (unpaired) electrons. The van der Waals surface area contributed by atoms with Crippen molar-refractivity contribution in [2.24, 2.45) is 0 Å². The van der Waals surface area contributed by atoms with Crippen LogP contribution in [0.15, 0.2) is 57.9 Å². The Bertz CT molecular complexity index is 1120. The molecule has 0 aliphatic heterocycles. The summed E-state index contributed by atoms with van der Waals surface area (Å²) in [5.41, 5.74) is 1.78. The van der Waals surface area contributed by atoms with Gasteiger partial charge < -0.3 is 10.2 Å². The third kappa shape index (κ3) is 6.67. The fraction of sp³-hybridized carbons (Fsp3) is 0.440. The molecule has 1 atom stereocenters. The van der Waals surface area contributed by atoms with Crippen molar-refractivity contribution in [3.63, 3.8) is 0 Å². The summed E-state index contributed by atoms with van der Waals surface area (Å²) in [5, 5.41) is 3.05. The maximum atomic E-state index is 13.4. The monoisotopic (exact) mass is 549 g/mol. The molecule has 0 bridgehead atoms. The highest BCUT2D eigenvalue weighted by Gasteiger charge is 2.31. The van der Waals surface area contributed by atoms with Crippen molar-refractivity contribution in [2.75, 3.05) is 13.6 Å². The molecule has 0 heterocycles. The molecule has 1 aliphatic rings. The third-order valence-corrected chi connectivity index (χ3v) is 8.51. The zero-order chi connectivity index (χ0) is 24.9. The Kier molecular flexibility index (Phi) is 8.89. The summed E-state index contributed by atoms with van der Waals surface area (Å²) in [7, 11) is -2.47. The van der Waals surface area contributed by atoms with Gasteiger partial charge in [-0.25, -0.2) is 8.42 Å². The van der Waals surface area contributed by atoms with Gasteiger partial charge in [0.1, 0.15) is 6.04 Å². The van der Waals surface area contributed by atoms with Crippen LogP contribution in [0.2, 0.25) is 0 Å². The second kappa shape index (κ2) is 11.5. The number of benzene rings is 2. The van der Waals surface area contributed by atoms with Crippen LogP contribution >= 0.6 is 15.9 Å². The van der Waals surface area contributed by atoms with Gasteiger partial charge in [0.15, 0.2) is 0 Å². The number of amides is 2. The first-order chi connectivity index (χ1) is 16.1. The Balaban J connectivity index is 1.79. The van der Waals surface area contributed by atoms with Gasteiger partial charge in [-0.3, -0.25) is 9.59 Å². The lowest BCUT2D eigenvalue weighted by molar-refractivity contribution is -0.140. The van der Waals surface area contributed by atoms with E-state index in [-0.39, 0.29) is 29.9 Å². The topological polar surface area (TPSA) is 86.8 Å². The first kappa shape index (κ1) is 26.4. The van der Waals surface area contributed by atoms with E-state index in [1.54, 1.807) is 19.1 Å². The minimum Gasteiger partial charge on any atom is -0.352 e. The van der Waals surface area contributed by atoms with Gasteiger partial charge in [0.25, 0.3) is 0 Å². The molecule has 3 rings (SSSR count). The Morgan fingerprint density at radius 2 is 1.76 bits per heavy atom. The summed E-state index contributed by atoms with van der Waals surface area (Å²) < 4.78 is 27.9. The summed E-state index contributed by atoms with van der Waals surface area (Å²) >= 11 is 3.44. The molecule has 7 nitrogen and oxygen atoms in total. The van der Waals surface area contributed by atoms with Crippen LogP contribution in [0.5, 0.6) is 0 Å². The quantitative estimate of drug-likeness (QED) is 0.514. The second-order valence-electron chi connectivity index (χ2n) is 8.89. The molecule has 1 saturated carbocycles. The highest BCUT2D eigenvalue weighted by atomic mass is 79.9. The molecule has 2 aromatic carbocycles. The van der Waals surface area contributed by atoms with E-state index in [1.165, 1.54) is 24.1 Å². The van der Waals surface area contributed by atoms with Crippen molar-refractivity contribution in [2.45, 2.75) is 63.1 Å². The average Bonchev–Trinajstić information content (AvgIpc) is 3.30. The number of hydrogen-bond donors (Lipinski definition) is 1. The maximum Gasteiger partial charge on any atom is 0.243 e. The fourth-order valence-corrected chi connectivity index (χ4v) is 5.63. The zero-order valence-electron chi connectivity index (χ0n) is 19.8. The molecule has 184 valence electrons. The van der Waals surface area contributed by atoms with Crippen LogP contribution in [-0.4, -0.2) is 55.1 Å². The van der Waals surface area contributed by atoms with E-state index in [2.05, 4.69) is 21.2 Å². The number of carbonyl (C=O) groups excluding carboxylic acids is 2. The number of aryl methyl sites for hydroxylation is 1. The van der Waals surface area contributed by atoms with Crippen LogP contribution in [0.1, 0.15) is 43.7 Å². The number of nitrogens with zero attached hydrogens (tertiary/aromatic N) is 2. The SMILES string of the molecule is Cc1ccc(S(=O)(=O)N(C)CC(=O)N(Cc2cccc(Br)c2)C(C)C(=O)NC2CCCC2)cc1. The fourth-order valence-electron chi connectivity index (χ4n) is 4.06. The first-order valence-electron chi connectivity index (χ1n) is 11.4. The number of rotatable bonds is 9. The summed E-state index contributed by atoms with van der Waals surface area (Å²) in [6, 6.07) is 13.4. The van der Waals surface area contributed by atoms with E-state index in [4.69, 9.17) is 0 Å². The summed E-state index contributed by atoms with van der Waals surface area (Å²) in [4.78, 5) is 28.0. The molecule has 2 amide bonds. The van der Waals surface area contributed by atoms with Gasteiger partial charge in [0.2, 0.25) is 21.8 Å². The Hall–Kier alpha value is -2.23. The first-order valence-corrected chi connectivity index (χ1v) is 13.7. The molecule has 1 aliphatic carbocycles. The standard InChI is InChI=1S/C25H32BrN3O4S/c1-18-11-13-23(14-12-18)34(32,33)28(3)17-24(30)29(16-20-7-6-8-21(26)15-20)19(2)25(31)27-22-9-4-5-10-22/h6-8,11-15,19,22H,4-5,9-10,16-17H2,1-3H3,(H,27,31). The average molecular weight is 551 g/mol. The lowest BCUT2D eigenvalue weighted by atomic mass is 10.1. The van der Waals surface area contributed by atoms with Gasteiger partial charge >= 0.3 is 0 Å². The van der Waals surface area contributed by atoms with Crippen LogP contribution < -0.4 is 5.32 Å². The van der Waals surface area contributed by atoms with Crippen molar-refractivity contribution in [1.29, 1.82) is 0 Å². The van der Waals surface area contributed by atoms with E-state index < -0.39 is 22.0 Å². The number of likely N-dealkylation sites (N-methyl/N-ethyl adjacent to an activating group) is 1. The van der Waals surface area contributed by atoms with Gasteiger partial charge in [-0.05, 0) is 56.5 Å². The van der Waals surface area contributed by atoms with E-state index in [1.807, 2.05) is 31.2 Å². The molecule has 9 heteroatoms. The predicted molar refractivity (Wildman–Crippen MR) is 136 cm³/mol. The maximum absolute atomic E-state index is 13.4. The third-order valence-electron chi connectivity index (χ3n) is 6.20. The van der Waals surface area contributed by atoms with Crippen LogP contribution in [0.25, 0.3) is 0 Å². The number of sulfonamides is 1. The van der Waals surface area contributed by atoms with Crippen molar-refractivity contribution in [3.8, 4) is 0 Å². The molecular weight excluding hydrogens is 518 g/mol. The molecule has 0 aromatic heterocycles. The summed E-state index contributed by atoms with van der Waals surface area (Å²) in [6.45, 7) is 3.39. The van der Waals surface area contributed by atoms with Gasteiger partial charge in [-0.2, -0.15) is 4.31 Å². The number of carbonyl (C=O) groups is 2. The number of halogens is 1. The predicted octanol–water partition coefficient (Wildman–Crippen LogP) is 3.85. The van der Waals surface area contributed by atoms with E-state index in [0.717, 1.165) is 45.6 Å². The highest BCUT2D eigenvalue weighted by molar-refractivity contribution is 9.10. The summed E-state index contributed by atoms with van der Waals surface area (Å²) in [5.74, 6) is -0.661. The smallest absolute Gasteiger partial charge is 0.243 e. The van der Waals surface area contributed by atoms with Gasteiger partial charge in [-0.1, -0.05) is 58.6 Å². The minimum absolute atomic E-state index is 0.124. The van der Waals surface area contributed by atoms with Gasteiger partial charge in [-0.15, -0.1) is 0 Å². The second-order valence-corrected chi connectivity index (χ2v) is 11.9. The molecule has 2 aromatic rings. The summed E-state index contributed by atoms with van der Waals surface area (Å²) in [6.07, 6.45) is 4.05. The Morgan fingerprint density at radius 3 is 2.38 bits per heavy atom. The lowest BCUT2D eigenvalue weighted by Crippen LogP contribution is -2.52.